The van der Waals surface area contributed by atoms with Crippen molar-refractivity contribution in [2.75, 3.05) is 11.9 Å². The molecule has 0 aliphatic heterocycles. The maximum atomic E-state index is 11.8. The Bertz CT molecular complexity index is 760. The highest BCUT2D eigenvalue weighted by atomic mass is 79.9. The fourth-order valence-electron chi connectivity index (χ4n) is 1.62. The number of benzene rings is 2. The van der Waals surface area contributed by atoms with Crippen molar-refractivity contribution in [3.8, 4) is 11.8 Å². The maximum Gasteiger partial charge on any atom is 0.262 e. The topological polar surface area (TPSA) is 62.1 Å². The van der Waals surface area contributed by atoms with Gasteiger partial charge in [0.25, 0.3) is 5.91 Å². The van der Waals surface area contributed by atoms with Gasteiger partial charge in [0.05, 0.1) is 15.6 Å². The summed E-state index contributed by atoms with van der Waals surface area (Å²) in [5, 5.41) is 12.1. The predicted molar refractivity (Wildman–Crippen MR) is 89.4 cm³/mol. The summed E-state index contributed by atoms with van der Waals surface area (Å²) in [6.07, 6.45) is 0. The summed E-state index contributed by atoms with van der Waals surface area (Å²) in [7, 11) is 0. The van der Waals surface area contributed by atoms with Gasteiger partial charge in [-0.3, -0.25) is 4.79 Å². The molecule has 0 fully saturated rings. The Morgan fingerprint density at radius 3 is 2.64 bits per heavy atom. The third-order valence-electron chi connectivity index (χ3n) is 2.63. The maximum absolute atomic E-state index is 11.8. The van der Waals surface area contributed by atoms with Crippen molar-refractivity contribution in [2.45, 2.75) is 0 Å². The Morgan fingerprint density at radius 2 is 2.00 bits per heavy atom. The molecule has 2 rings (SSSR count). The number of hydrogen-bond donors (Lipinski definition) is 1. The predicted octanol–water partition coefficient (Wildman–Crippen LogP) is 4.65. The standard InChI is InChI=1S/C15H9BrCl2N2O2/c16-10-2-4-14(13(18)5-10)22-8-15(21)20-11-3-1-9(7-19)12(17)6-11/h1-6H,8H2,(H,20,21). The molecule has 0 aliphatic carbocycles. The highest BCUT2D eigenvalue weighted by molar-refractivity contribution is 9.10. The summed E-state index contributed by atoms with van der Waals surface area (Å²) in [5.74, 6) is 0.0534. The molecule has 0 saturated carbocycles. The molecular formula is C15H9BrCl2N2O2. The summed E-state index contributed by atoms with van der Waals surface area (Å²) < 4.78 is 6.17. The summed E-state index contributed by atoms with van der Waals surface area (Å²) in [5.41, 5.74) is 0.831. The first-order chi connectivity index (χ1) is 10.5. The summed E-state index contributed by atoms with van der Waals surface area (Å²) >= 11 is 15.2. The Hall–Kier alpha value is -1.74. The van der Waals surface area contributed by atoms with E-state index in [4.69, 9.17) is 33.2 Å². The van der Waals surface area contributed by atoms with Gasteiger partial charge < -0.3 is 10.1 Å². The number of nitrogens with zero attached hydrogens (tertiary/aromatic N) is 1. The van der Waals surface area contributed by atoms with Crippen LogP contribution in [0.25, 0.3) is 0 Å². The number of ether oxygens (including phenoxy) is 1. The lowest BCUT2D eigenvalue weighted by Crippen LogP contribution is -2.20. The average molecular weight is 400 g/mol. The van der Waals surface area contributed by atoms with Crippen molar-refractivity contribution < 1.29 is 9.53 Å². The normalized spacial score (nSPS) is 9.91. The van der Waals surface area contributed by atoms with Crippen LogP contribution in [0.4, 0.5) is 5.69 Å². The third kappa shape index (κ3) is 4.38. The zero-order valence-electron chi connectivity index (χ0n) is 11.1. The number of amides is 1. The number of hydrogen-bond acceptors (Lipinski definition) is 3. The summed E-state index contributed by atoms with van der Waals surface area (Å²) in [6.45, 7) is -0.195. The zero-order chi connectivity index (χ0) is 16.1. The second-order valence-corrected chi connectivity index (χ2v) is 5.95. The highest BCUT2D eigenvalue weighted by Gasteiger charge is 2.08. The van der Waals surface area contributed by atoms with Crippen LogP contribution < -0.4 is 10.1 Å². The minimum absolute atomic E-state index is 0.195. The molecule has 7 heteroatoms. The Kier molecular flexibility index (Phi) is 5.67. The monoisotopic (exact) mass is 398 g/mol. The van der Waals surface area contributed by atoms with Gasteiger partial charge in [0.15, 0.2) is 6.61 Å². The number of halogens is 3. The summed E-state index contributed by atoms with van der Waals surface area (Å²) in [6, 6.07) is 11.7. The molecule has 0 aliphatic rings. The molecule has 0 atom stereocenters. The van der Waals surface area contributed by atoms with Crippen LogP contribution in [0.1, 0.15) is 5.56 Å². The molecule has 0 heterocycles. The molecule has 0 saturated heterocycles. The van der Waals surface area contributed by atoms with E-state index in [1.54, 1.807) is 24.3 Å². The quantitative estimate of drug-likeness (QED) is 0.814. The van der Waals surface area contributed by atoms with Gasteiger partial charge in [-0.15, -0.1) is 0 Å². The molecule has 1 N–H and O–H groups in total. The fourth-order valence-corrected chi connectivity index (χ4v) is 2.57. The number of carbonyl (C=O) groups is 1. The molecule has 4 nitrogen and oxygen atoms in total. The Labute approximate surface area is 145 Å². The lowest BCUT2D eigenvalue weighted by molar-refractivity contribution is -0.118. The SMILES string of the molecule is N#Cc1ccc(NC(=O)COc2ccc(Br)cc2Cl)cc1Cl. The zero-order valence-corrected chi connectivity index (χ0v) is 14.2. The second-order valence-electron chi connectivity index (χ2n) is 4.22. The van der Waals surface area contributed by atoms with Crippen molar-refractivity contribution >= 4 is 50.7 Å². The van der Waals surface area contributed by atoms with Crippen LogP contribution in [0.15, 0.2) is 40.9 Å². The third-order valence-corrected chi connectivity index (χ3v) is 3.73. The van der Waals surface area contributed by atoms with Gasteiger partial charge in [-0.05, 0) is 36.4 Å². The Morgan fingerprint density at radius 1 is 1.23 bits per heavy atom. The van der Waals surface area contributed by atoms with E-state index in [-0.39, 0.29) is 17.5 Å². The van der Waals surface area contributed by atoms with Crippen molar-refractivity contribution in [3.05, 3.63) is 56.5 Å². The molecule has 2 aromatic carbocycles. The van der Waals surface area contributed by atoms with E-state index < -0.39 is 0 Å². The number of nitriles is 1. The van der Waals surface area contributed by atoms with E-state index in [9.17, 15) is 4.79 Å². The van der Waals surface area contributed by atoms with E-state index in [0.717, 1.165) is 4.47 Å². The van der Waals surface area contributed by atoms with Crippen molar-refractivity contribution in [1.29, 1.82) is 5.26 Å². The summed E-state index contributed by atoms with van der Waals surface area (Å²) in [4.78, 5) is 11.8. The minimum Gasteiger partial charge on any atom is -0.482 e. The lowest BCUT2D eigenvalue weighted by Gasteiger charge is -2.09. The molecule has 0 unspecified atom stereocenters. The first-order valence-electron chi connectivity index (χ1n) is 6.07. The van der Waals surface area contributed by atoms with Crippen LogP contribution >= 0.6 is 39.1 Å². The van der Waals surface area contributed by atoms with Crippen molar-refractivity contribution in [1.82, 2.24) is 0 Å². The van der Waals surface area contributed by atoms with Crippen molar-refractivity contribution in [3.63, 3.8) is 0 Å². The van der Waals surface area contributed by atoms with Crippen molar-refractivity contribution in [2.24, 2.45) is 0 Å². The van der Waals surface area contributed by atoms with Crippen LogP contribution in [-0.4, -0.2) is 12.5 Å². The average Bonchev–Trinajstić information content (AvgIpc) is 2.46. The first-order valence-corrected chi connectivity index (χ1v) is 7.62. The van der Waals surface area contributed by atoms with Gasteiger partial charge in [-0.1, -0.05) is 39.1 Å². The van der Waals surface area contributed by atoms with E-state index in [1.807, 2.05) is 6.07 Å². The van der Waals surface area contributed by atoms with Crippen LogP contribution in [-0.2, 0) is 4.79 Å². The molecule has 22 heavy (non-hydrogen) atoms. The molecule has 0 radical (unpaired) electrons. The minimum atomic E-state index is -0.361. The molecular weight excluding hydrogens is 391 g/mol. The van der Waals surface area contributed by atoms with Crippen LogP contribution in [0, 0.1) is 11.3 Å². The lowest BCUT2D eigenvalue weighted by atomic mass is 10.2. The number of carbonyl (C=O) groups excluding carboxylic acids is 1. The smallest absolute Gasteiger partial charge is 0.262 e. The van der Waals surface area contributed by atoms with Gasteiger partial charge in [-0.2, -0.15) is 5.26 Å². The molecule has 0 bridgehead atoms. The second kappa shape index (κ2) is 7.50. The number of anilines is 1. The first kappa shape index (κ1) is 16.6. The van der Waals surface area contributed by atoms with Gasteiger partial charge in [0, 0.05) is 10.2 Å². The number of nitrogens with one attached hydrogen (secondary N) is 1. The molecule has 0 spiro atoms. The number of rotatable bonds is 4. The van der Waals surface area contributed by atoms with E-state index in [0.29, 0.717) is 22.0 Å². The van der Waals surface area contributed by atoms with Gasteiger partial charge in [0.1, 0.15) is 11.8 Å². The highest BCUT2D eigenvalue weighted by Crippen LogP contribution is 2.27. The van der Waals surface area contributed by atoms with Gasteiger partial charge >= 0.3 is 0 Å². The van der Waals surface area contributed by atoms with E-state index in [1.165, 1.54) is 12.1 Å². The van der Waals surface area contributed by atoms with Crippen LogP contribution in [0.5, 0.6) is 5.75 Å². The van der Waals surface area contributed by atoms with E-state index in [2.05, 4.69) is 21.2 Å². The van der Waals surface area contributed by atoms with Gasteiger partial charge in [0.2, 0.25) is 0 Å². The van der Waals surface area contributed by atoms with Gasteiger partial charge in [-0.25, -0.2) is 0 Å². The van der Waals surface area contributed by atoms with Crippen LogP contribution in [0.2, 0.25) is 10.0 Å². The van der Waals surface area contributed by atoms with Crippen LogP contribution in [0.3, 0.4) is 0 Å². The fraction of sp³-hybridized carbons (Fsp3) is 0.0667. The molecule has 2 aromatic rings. The molecule has 0 aromatic heterocycles. The molecule has 1 amide bonds. The Balaban J connectivity index is 1.96. The van der Waals surface area contributed by atoms with E-state index >= 15 is 0 Å². The molecule has 112 valence electrons. The largest absolute Gasteiger partial charge is 0.482 e.